The highest BCUT2D eigenvalue weighted by atomic mass is 19.4. The van der Waals surface area contributed by atoms with Gasteiger partial charge in [0.25, 0.3) is 11.6 Å². The fourth-order valence-electron chi connectivity index (χ4n) is 3.49. The van der Waals surface area contributed by atoms with Crippen LogP contribution in [0.3, 0.4) is 0 Å². The van der Waals surface area contributed by atoms with E-state index in [4.69, 9.17) is 4.74 Å². The Morgan fingerprint density at radius 1 is 1.22 bits per heavy atom. The molecule has 3 rings (SSSR count). The monoisotopic (exact) mass is 387 g/mol. The van der Waals surface area contributed by atoms with Gasteiger partial charge in [0.15, 0.2) is 0 Å². The maximum absolute atomic E-state index is 13.0. The summed E-state index contributed by atoms with van der Waals surface area (Å²) in [6.45, 7) is 1.68. The van der Waals surface area contributed by atoms with Gasteiger partial charge in [0.05, 0.1) is 24.1 Å². The predicted molar refractivity (Wildman–Crippen MR) is 90.8 cm³/mol. The van der Waals surface area contributed by atoms with Gasteiger partial charge in [-0.3, -0.25) is 14.9 Å². The van der Waals surface area contributed by atoms with Crippen LogP contribution in [0.15, 0.2) is 18.2 Å². The highest BCUT2D eigenvalue weighted by Gasteiger charge is 2.43. The number of amides is 1. The molecule has 0 aliphatic carbocycles. The Labute approximate surface area is 153 Å². The van der Waals surface area contributed by atoms with Crippen molar-refractivity contribution in [2.45, 2.75) is 19.0 Å². The Balaban J connectivity index is 1.82. The molecular weight excluding hydrogens is 367 g/mol. The van der Waals surface area contributed by atoms with Gasteiger partial charge < -0.3 is 14.5 Å². The number of nitrogens with zero attached hydrogens (tertiary/aromatic N) is 3. The van der Waals surface area contributed by atoms with Crippen LogP contribution in [0.2, 0.25) is 0 Å². The lowest BCUT2D eigenvalue weighted by atomic mass is 9.96. The second kappa shape index (κ2) is 7.71. The molecule has 1 aromatic carbocycles. The Hall–Kier alpha value is -2.36. The minimum atomic E-state index is -4.36. The van der Waals surface area contributed by atoms with Crippen molar-refractivity contribution in [2.24, 2.45) is 5.92 Å². The predicted octanol–water partition coefficient (Wildman–Crippen LogP) is 2.85. The first-order valence-corrected chi connectivity index (χ1v) is 8.74. The molecular formula is C17H20F3N3O4. The smallest absolute Gasteiger partial charge is 0.378 e. The number of ether oxygens (including phenoxy) is 1. The van der Waals surface area contributed by atoms with Gasteiger partial charge in [0, 0.05) is 37.8 Å². The number of morpholine rings is 1. The molecule has 0 spiro atoms. The summed E-state index contributed by atoms with van der Waals surface area (Å²) in [4.78, 5) is 26.5. The van der Waals surface area contributed by atoms with Crippen molar-refractivity contribution >= 4 is 17.3 Å². The molecule has 0 bridgehead atoms. The zero-order valence-corrected chi connectivity index (χ0v) is 14.6. The van der Waals surface area contributed by atoms with E-state index >= 15 is 0 Å². The Kier molecular flexibility index (Phi) is 5.54. The SMILES string of the molecule is O=C(c1ccc(N2CCOCC2)c([N+](=O)[O-])c1)N1CCC[C@H](C(F)(F)F)C1. The average molecular weight is 387 g/mol. The van der Waals surface area contributed by atoms with Gasteiger partial charge in [-0.1, -0.05) is 0 Å². The molecule has 10 heteroatoms. The summed E-state index contributed by atoms with van der Waals surface area (Å²) in [6, 6.07) is 4.09. The quantitative estimate of drug-likeness (QED) is 0.589. The lowest BCUT2D eigenvalue weighted by Crippen LogP contribution is -2.44. The minimum absolute atomic E-state index is 0.0105. The normalized spacial score (nSPS) is 21.2. The number of carbonyl (C=O) groups excluding carboxylic acids is 1. The summed E-state index contributed by atoms with van der Waals surface area (Å²) in [5.41, 5.74) is 0.181. The van der Waals surface area contributed by atoms with E-state index in [1.54, 1.807) is 4.90 Å². The van der Waals surface area contributed by atoms with Crippen molar-refractivity contribution in [1.29, 1.82) is 0 Å². The topological polar surface area (TPSA) is 75.9 Å². The summed E-state index contributed by atoms with van der Waals surface area (Å²) in [7, 11) is 0. The van der Waals surface area contributed by atoms with Crippen molar-refractivity contribution in [1.82, 2.24) is 4.90 Å². The molecule has 7 nitrogen and oxygen atoms in total. The number of anilines is 1. The first-order chi connectivity index (χ1) is 12.8. The van der Waals surface area contributed by atoms with E-state index in [1.807, 2.05) is 0 Å². The number of hydrogen-bond donors (Lipinski definition) is 0. The number of carbonyl (C=O) groups is 1. The number of nitro benzene ring substituents is 1. The number of nitro groups is 1. The summed E-state index contributed by atoms with van der Waals surface area (Å²) in [5.74, 6) is -2.17. The lowest BCUT2D eigenvalue weighted by molar-refractivity contribution is -0.384. The van der Waals surface area contributed by atoms with Crippen LogP contribution in [0, 0.1) is 16.0 Å². The first kappa shape index (κ1) is 19.4. The van der Waals surface area contributed by atoms with Gasteiger partial charge in [0.2, 0.25) is 0 Å². The van der Waals surface area contributed by atoms with Crippen LogP contribution in [-0.2, 0) is 4.74 Å². The van der Waals surface area contributed by atoms with Gasteiger partial charge in [-0.15, -0.1) is 0 Å². The maximum atomic E-state index is 13.0. The number of piperidine rings is 1. The summed E-state index contributed by atoms with van der Waals surface area (Å²) < 4.78 is 44.1. The molecule has 2 aliphatic rings. The van der Waals surface area contributed by atoms with E-state index in [0.29, 0.717) is 32.0 Å². The first-order valence-electron chi connectivity index (χ1n) is 8.74. The van der Waals surface area contributed by atoms with Crippen molar-refractivity contribution < 1.29 is 27.6 Å². The Morgan fingerprint density at radius 3 is 2.56 bits per heavy atom. The fraction of sp³-hybridized carbons (Fsp3) is 0.588. The van der Waals surface area contributed by atoms with Gasteiger partial charge in [-0.25, -0.2) is 0 Å². The third kappa shape index (κ3) is 4.32. The van der Waals surface area contributed by atoms with Gasteiger partial charge in [-0.05, 0) is 25.0 Å². The zero-order chi connectivity index (χ0) is 19.6. The van der Waals surface area contributed by atoms with E-state index in [9.17, 15) is 28.1 Å². The van der Waals surface area contributed by atoms with Crippen molar-refractivity contribution in [3.8, 4) is 0 Å². The van der Waals surface area contributed by atoms with E-state index in [-0.39, 0.29) is 30.6 Å². The number of benzene rings is 1. The molecule has 0 N–H and O–H groups in total. The highest BCUT2D eigenvalue weighted by molar-refractivity contribution is 5.96. The third-order valence-electron chi connectivity index (χ3n) is 4.94. The number of halogens is 3. The molecule has 0 aromatic heterocycles. The van der Waals surface area contributed by atoms with E-state index in [1.165, 1.54) is 12.1 Å². The molecule has 1 atom stereocenters. The van der Waals surface area contributed by atoms with Crippen molar-refractivity contribution in [3.63, 3.8) is 0 Å². The van der Waals surface area contributed by atoms with Gasteiger partial charge in [0.1, 0.15) is 5.69 Å². The Morgan fingerprint density at radius 2 is 1.93 bits per heavy atom. The standard InChI is InChI=1S/C17H20F3N3O4/c18-17(19,20)13-2-1-5-22(11-13)16(24)12-3-4-14(15(10-12)23(25)26)21-6-8-27-9-7-21/h3-4,10,13H,1-2,5-9,11H2/t13-/m0/s1. The van der Waals surface area contributed by atoms with Crippen LogP contribution < -0.4 is 4.90 Å². The van der Waals surface area contributed by atoms with Crippen LogP contribution in [0.4, 0.5) is 24.5 Å². The summed E-state index contributed by atoms with van der Waals surface area (Å²) in [5, 5.41) is 11.5. The number of likely N-dealkylation sites (tertiary alicyclic amines) is 1. The molecule has 27 heavy (non-hydrogen) atoms. The minimum Gasteiger partial charge on any atom is -0.378 e. The van der Waals surface area contributed by atoms with E-state index < -0.39 is 29.5 Å². The second-order valence-corrected chi connectivity index (χ2v) is 6.69. The zero-order valence-electron chi connectivity index (χ0n) is 14.6. The molecule has 0 unspecified atom stereocenters. The third-order valence-corrected chi connectivity index (χ3v) is 4.94. The van der Waals surface area contributed by atoms with Crippen LogP contribution in [0.5, 0.6) is 0 Å². The van der Waals surface area contributed by atoms with Crippen molar-refractivity contribution in [3.05, 3.63) is 33.9 Å². The van der Waals surface area contributed by atoms with Crippen LogP contribution >= 0.6 is 0 Å². The fourth-order valence-corrected chi connectivity index (χ4v) is 3.49. The number of rotatable bonds is 3. The highest BCUT2D eigenvalue weighted by Crippen LogP contribution is 2.34. The van der Waals surface area contributed by atoms with Crippen LogP contribution in [-0.4, -0.2) is 61.3 Å². The molecule has 0 radical (unpaired) electrons. The largest absolute Gasteiger partial charge is 0.393 e. The lowest BCUT2D eigenvalue weighted by Gasteiger charge is -2.34. The van der Waals surface area contributed by atoms with E-state index in [0.717, 1.165) is 11.0 Å². The summed E-state index contributed by atoms with van der Waals surface area (Å²) in [6.07, 6.45) is -4.11. The van der Waals surface area contributed by atoms with E-state index in [2.05, 4.69) is 0 Å². The maximum Gasteiger partial charge on any atom is 0.393 e. The molecule has 0 saturated carbocycles. The molecule has 148 valence electrons. The summed E-state index contributed by atoms with van der Waals surface area (Å²) >= 11 is 0. The van der Waals surface area contributed by atoms with Gasteiger partial charge in [-0.2, -0.15) is 13.2 Å². The molecule has 2 aliphatic heterocycles. The molecule has 1 aromatic rings. The molecule has 1 amide bonds. The van der Waals surface area contributed by atoms with Crippen molar-refractivity contribution in [2.75, 3.05) is 44.3 Å². The van der Waals surface area contributed by atoms with Gasteiger partial charge >= 0.3 is 6.18 Å². The second-order valence-electron chi connectivity index (χ2n) is 6.69. The molecule has 2 fully saturated rings. The number of alkyl halides is 3. The van der Waals surface area contributed by atoms with Crippen LogP contribution in [0.1, 0.15) is 23.2 Å². The average Bonchev–Trinajstić information content (AvgIpc) is 2.67. The van der Waals surface area contributed by atoms with Crippen LogP contribution in [0.25, 0.3) is 0 Å². The number of hydrogen-bond acceptors (Lipinski definition) is 5. The Bertz CT molecular complexity index is 720. The molecule has 2 heterocycles. The molecule has 2 saturated heterocycles.